The Balaban J connectivity index is 1.20. The lowest BCUT2D eigenvalue weighted by atomic mass is 9.26. The Labute approximate surface area is 325 Å². The van der Waals surface area contributed by atoms with Crippen molar-refractivity contribution in [2.24, 2.45) is 0 Å². The Morgan fingerprint density at radius 1 is 0.304 bits per heavy atom. The monoisotopic (exact) mass is 704 g/mol. The summed E-state index contributed by atoms with van der Waals surface area (Å²) in [5.74, 6) is 0. The van der Waals surface area contributed by atoms with Crippen LogP contribution in [0.1, 0.15) is 0 Å². The van der Waals surface area contributed by atoms with Crippen LogP contribution in [0.3, 0.4) is 0 Å². The minimum Gasteiger partial charge on any atom is -0.349 e. The average molecular weight is 704 g/mol. The van der Waals surface area contributed by atoms with Crippen LogP contribution >= 0.6 is 0 Å². The van der Waals surface area contributed by atoms with Gasteiger partial charge in [0, 0.05) is 80.5 Å². The van der Waals surface area contributed by atoms with Crippen LogP contribution in [0, 0.1) is 0 Å². The molecular formula is C48H28B4N4. The van der Waals surface area contributed by atoms with Crippen LogP contribution in [0.5, 0.6) is 0 Å². The molecule has 8 heteroatoms. The van der Waals surface area contributed by atoms with E-state index in [9.17, 15) is 0 Å². The standard InChI is InChI=1S/C48H28B4N4/c1-9-21-35-27(13-1)49-25-53-33-19-7-3-15-29(33)52-32-18-6-12-24-38(32)56-36-22-10-2-14-28(36)50-26-54-34-20-8-4-16-30(34)51-31-17-5-11-23-37(31)55(35)47-41(49)39-40(46(54)43(47)51)42(50)48(56)44(52)45(39)53/h1-24H,25-26H2. The van der Waals surface area contributed by atoms with E-state index in [1.165, 1.54) is 111 Å². The van der Waals surface area contributed by atoms with Gasteiger partial charge in [0.15, 0.2) is 0 Å². The average Bonchev–Trinajstić information content (AvgIpc) is 3.27. The normalized spacial score (nSPS) is 16.5. The number of hydrogen-bond acceptors (Lipinski definition) is 4. The van der Waals surface area contributed by atoms with Gasteiger partial charge in [0.05, 0.1) is 0 Å². The highest BCUT2D eigenvalue weighted by Gasteiger charge is 2.57. The van der Waals surface area contributed by atoms with E-state index in [0.717, 1.165) is 12.9 Å². The quantitative estimate of drug-likeness (QED) is 0.225. The summed E-state index contributed by atoms with van der Waals surface area (Å²) in [5.41, 5.74) is 28.5. The zero-order chi connectivity index (χ0) is 35.7. The number of para-hydroxylation sites is 6. The van der Waals surface area contributed by atoms with E-state index >= 15 is 0 Å². The Morgan fingerprint density at radius 3 is 1.00 bits per heavy atom. The molecule has 252 valence electrons. The summed E-state index contributed by atoms with van der Waals surface area (Å²) in [4.78, 5) is 10.9. The van der Waals surface area contributed by atoms with E-state index in [1.54, 1.807) is 10.9 Å². The van der Waals surface area contributed by atoms with Crippen molar-refractivity contribution in [2.45, 2.75) is 0 Å². The fraction of sp³-hybridized carbons (Fsp3) is 0.0417. The van der Waals surface area contributed by atoms with Crippen LogP contribution in [0.25, 0.3) is 10.8 Å². The van der Waals surface area contributed by atoms with Crippen molar-refractivity contribution in [3.8, 4) is 0 Å². The van der Waals surface area contributed by atoms with Gasteiger partial charge in [-0.2, -0.15) is 0 Å². The van der Waals surface area contributed by atoms with Gasteiger partial charge in [-0.3, -0.25) is 0 Å². The van der Waals surface area contributed by atoms with Gasteiger partial charge < -0.3 is 19.6 Å². The molecule has 0 aliphatic carbocycles. The molecule has 0 saturated heterocycles. The molecule has 0 unspecified atom stereocenters. The van der Waals surface area contributed by atoms with Crippen molar-refractivity contribution in [3.63, 3.8) is 0 Å². The third kappa shape index (κ3) is 2.80. The molecule has 0 N–H and O–H groups in total. The highest BCUT2D eigenvalue weighted by Crippen LogP contribution is 2.53. The molecule has 0 bridgehead atoms. The maximum Gasteiger partial charge on any atom is 0.252 e. The second-order valence-electron chi connectivity index (χ2n) is 17.0. The van der Waals surface area contributed by atoms with Crippen LogP contribution < -0.4 is 74.2 Å². The van der Waals surface area contributed by atoms with Gasteiger partial charge >= 0.3 is 0 Å². The third-order valence-corrected chi connectivity index (χ3v) is 14.9. The van der Waals surface area contributed by atoms with E-state index in [1.807, 2.05) is 0 Å². The van der Waals surface area contributed by atoms with Crippen LogP contribution in [0.2, 0.25) is 0 Å². The number of rotatable bonds is 0. The summed E-state index contributed by atoms with van der Waals surface area (Å²) in [7, 11) is 0. The number of benzene rings is 8. The summed E-state index contributed by atoms with van der Waals surface area (Å²) in [5, 5.41) is 2.99. The zero-order valence-electron chi connectivity index (χ0n) is 30.4. The summed E-state index contributed by atoms with van der Waals surface area (Å²) >= 11 is 0. The molecule has 0 saturated carbocycles. The minimum atomic E-state index is 0.154. The van der Waals surface area contributed by atoms with Crippen molar-refractivity contribution in [3.05, 3.63) is 146 Å². The van der Waals surface area contributed by atoms with Crippen LogP contribution in [0.4, 0.5) is 56.9 Å². The highest BCUT2D eigenvalue weighted by molar-refractivity contribution is 7.06. The van der Waals surface area contributed by atoms with E-state index in [4.69, 9.17) is 0 Å². The number of hydrogen-bond donors (Lipinski definition) is 0. The lowest BCUT2D eigenvalue weighted by Crippen LogP contribution is -2.73. The topological polar surface area (TPSA) is 13.0 Å². The van der Waals surface area contributed by atoms with E-state index in [0.29, 0.717) is 0 Å². The van der Waals surface area contributed by atoms with Crippen molar-refractivity contribution < 1.29 is 0 Å². The second kappa shape index (κ2) is 9.12. The predicted molar refractivity (Wildman–Crippen MR) is 240 cm³/mol. The Morgan fingerprint density at radius 2 is 0.607 bits per heavy atom. The molecule has 4 nitrogen and oxygen atoms in total. The fourth-order valence-electron chi connectivity index (χ4n) is 13.2. The van der Waals surface area contributed by atoms with Gasteiger partial charge in [-0.15, -0.1) is 0 Å². The molecule has 0 radical (unpaired) electrons. The summed E-state index contributed by atoms with van der Waals surface area (Å²) < 4.78 is 0. The first-order valence-corrected chi connectivity index (χ1v) is 20.3. The molecule has 0 atom stereocenters. The number of nitrogens with zero attached hydrogens (tertiary/aromatic N) is 4. The first-order valence-electron chi connectivity index (χ1n) is 20.3. The Kier molecular flexibility index (Phi) is 4.55. The molecule has 0 aromatic heterocycles. The van der Waals surface area contributed by atoms with E-state index < -0.39 is 0 Å². The van der Waals surface area contributed by atoms with Crippen LogP contribution in [0.15, 0.2) is 146 Å². The van der Waals surface area contributed by atoms with Gasteiger partial charge in [0.2, 0.25) is 13.4 Å². The molecule has 0 fully saturated rings. The molecule has 8 aromatic carbocycles. The van der Waals surface area contributed by atoms with Crippen LogP contribution in [-0.4, -0.2) is 39.7 Å². The zero-order valence-corrected chi connectivity index (χ0v) is 30.4. The maximum absolute atomic E-state index is 2.77. The molecular weight excluding hydrogens is 676 g/mol. The number of anilines is 10. The first kappa shape index (κ1) is 28.0. The van der Waals surface area contributed by atoms with Gasteiger partial charge in [0.25, 0.3) is 13.4 Å². The maximum atomic E-state index is 2.77. The minimum absolute atomic E-state index is 0.154. The molecule has 8 aliphatic heterocycles. The van der Waals surface area contributed by atoms with Gasteiger partial charge in [-0.25, -0.2) is 0 Å². The molecule has 8 aliphatic rings. The third-order valence-electron chi connectivity index (χ3n) is 14.9. The predicted octanol–water partition coefficient (Wildman–Crippen LogP) is 3.29. The lowest BCUT2D eigenvalue weighted by Gasteiger charge is -2.56. The van der Waals surface area contributed by atoms with Gasteiger partial charge in [-0.05, 0) is 91.0 Å². The van der Waals surface area contributed by atoms with Crippen molar-refractivity contribution in [1.82, 2.24) is 0 Å². The van der Waals surface area contributed by atoms with Crippen molar-refractivity contribution in [2.75, 3.05) is 32.5 Å². The molecule has 8 aromatic rings. The van der Waals surface area contributed by atoms with Crippen molar-refractivity contribution >= 4 is 149 Å². The molecule has 56 heavy (non-hydrogen) atoms. The largest absolute Gasteiger partial charge is 0.349 e. The molecule has 16 rings (SSSR count). The van der Waals surface area contributed by atoms with Gasteiger partial charge in [0.1, 0.15) is 0 Å². The van der Waals surface area contributed by atoms with Crippen LogP contribution in [-0.2, 0) is 0 Å². The fourth-order valence-corrected chi connectivity index (χ4v) is 13.2. The Hall–Kier alpha value is -6.52. The smallest absolute Gasteiger partial charge is 0.252 e. The van der Waals surface area contributed by atoms with Crippen molar-refractivity contribution in [1.29, 1.82) is 0 Å². The SMILES string of the molecule is c1ccc2c(c1)B1c3ccccc3N3c4ccccc4B4CN5c6ccccc6B6c7ccccc7N7c8ccccc8B8CN2c2c1c3c4c1c5c6c7c8c21. The van der Waals surface area contributed by atoms with E-state index in [2.05, 4.69) is 165 Å². The first-order chi connectivity index (χ1) is 27.9. The van der Waals surface area contributed by atoms with E-state index in [-0.39, 0.29) is 26.9 Å². The Bertz CT molecular complexity index is 2830. The molecule has 0 spiro atoms. The highest BCUT2D eigenvalue weighted by atomic mass is 15.2. The number of fused-ring (bicyclic) bond motifs is 18. The summed E-state index contributed by atoms with van der Waals surface area (Å²) in [6, 6.07) is 56.0. The second-order valence-corrected chi connectivity index (χ2v) is 17.0. The summed E-state index contributed by atoms with van der Waals surface area (Å²) in [6.07, 6.45) is 1.84. The lowest BCUT2D eigenvalue weighted by molar-refractivity contribution is 1.13. The summed E-state index contributed by atoms with van der Waals surface area (Å²) in [6.45, 7) is 0.762. The van der Waals surface area contributed by atoms with Gasteiger partial charge in [-0.1, -0.05) is 109 Å². The molecule has 0 amide bonds. The molecule has 8 heterocycles.